The normalized spacial score (nSPS) is 27.8. The minimum Gasteiger partial charge on any atom is -0.342 e. The van der Waals surface area contributed by atoms with Crippen LogP contribution in [-0.2, 0) is 11.2 Å². The van der Waals surface area contributed by atoms with Crippen molar-refractivity contribution < 1.29 is 9.18 Å². The number of hydrogen-bond acceptors (Lipinski definition) is 2. The maximum Gasteiger partial charge on any atom is 0.227 e. The Morgan fingerprint density at radius 1 is 1.12 bits per heavy atom. The van der Waals surface area contributed by atoms with E-state index in [-0.39, 0.29) is 18.1 Å². The standard InChI is InChI=1S/C20H27FN2O/c21-18-6-2-1-4-16(18)12-20(24)23-11-9-19-17(14-23)5-3-10-22(19)13-15-7-8-15/h1-2,4,6,15,17,19H,3,5,7-14H2/t17-,19+/m1/s1. The van der Waals surface area contributed by atoms with E-state index < -0.39 is 0 Å². The second-order valence-corrected chi connectivity index (χ2v) is 7.80. The Kier molecular flexibility index (Phi) is 4.57. The van der Waals surface area contributed by atoms with E-state index in [4.69, 9.17) is 0 Å². The summed E-state index contributed by atoms with van der Waals surface area (Å²) < 4.78 is 13.8. The van der Waals surface area contributed by atoms with Crippen molar-refractivity contribution in [2.45, 2.75) is 44.6 Å². The van der Waals surface area contributed by atoms with Crippen LogP contribution in [0.4, 0.5) is 4.39 Å². The van der Waals surface area contributed by atoms with Gasteiger partial charge in [0.1, 0.15) is 5.82 Å². The molecule has 24 heavy (non-hydrogen) atoms. The summed E-state index contributed by atoms with van der Waals surface area (Å²) >= 11 is 0. The van der Waals surface area contributed by atoms with Gasteiger partial charge in [0.15, 0.2) is 0 Å². The van der Waals surface area contributed by atoms with Gasteiger partial charge >= 0.3 is 0 Å². The minimum atomic E-state index is -0.269. The summed E-state index contributed by atoms with van der Waals surface area (Å²) in [6.07, 6.45) is 6.57. The monoisotopic (exact) mass is 330 g/mol. The van der Waals surface area contributed by atoms with E-state index in [0.717, 1.165) is 25.4 Å². The number of likely N-dealkylation sites (tertiary alicyclic amines) is 2. The summed E-state index contributed by atoms with van der Waals surface area (Å²) in [6, 6.07) is 7.29. The number of fused-ring (bicyclic) bond motifs is 1. The van der Waals surface area contributed by atoms with Crippen molar-refractivity contribution in [3.63, 3.8) is 0 Å². The molecule has 2 aliphatic heterocycles. The predicted octanol–water partition coefficient (Wildman–Crippen LogP) is 3.09. The fourth-order valence-electron chi connectivity index (χ4n) is 4.51. The molecule has 1 saturated carbocycles. The van der Waals surface area contributed by atoms with Crippen LogP contribution in [0, 0.1) is 17.7 Å². The molecule has 2 saturated heterocycles. The van der Waals surface area contributed by atoms with Gasteiger partial charge in [-0.05, 0) is 62.1 Å². The van der Waals surface area contributed by atoms with Gasteiger partial charge in [0.05, 0.1) is 6.42 Å². The van der Waals surface area contributed by atoms with Crippen LogP contribution in [0.1, 0.15) is 37.7 Å². The van der Waals surface area contributed by atoms with Crippen molar-refractivity contribution in [3.05, 3.63) is 35.6 Å². The molecule has 2 heterocycles. The van der Waals surface area contributed by atoms with E-state index in [1.165, 1.54) is 44.8 Å². The Bertz CT molecular complexity index is 601. The van der Waals surface area contributed by atoms with Crippen molar-refractivity contribution in [1.29, 1.82) is 0 Å². The van der Waals surface area contributed by atoms with Crippen LogP contribution in [0.15, 0.2) is 24.3 Å². The van der Waals surface area contributed by atoms with Crippen LogP contribution >= 0.6 is 0 Å². The maximum absolute atomic E-state index is 13.8. The van der Waals surface area contributed by atoms with E-state index >= 15 is 0 Å². The Labute approximate surface area is 143 Å². The fourth-order valence-corrected chi connectivity index (χ4v) is 4.51. The van der Waals surface area contributed by atoms with Gasteiger partial charge in [-0.25, -0.2) is 4.39 Å². The maximum atomic E-state index is 13.8. The number of amides is 1. The Balaban J connectivity index is 1.37. The summed E-state index contributed by atoms with van der Waals surface area (Å²) in [4.78, 5) is 17.3. The molecule has 0 aromatic heterocycles. The number of piperidine rings is 2. The Hall–Kier alpha value is -1.42. The summed E-state index contributed by atoms with van der Waals surface area (Å²) in [5.41, 5.74) is 0.517. The first-order valence-corrected chi connectivity index (χ1v) is 9.46. The highest BCUT2D eigenvalue weighted by molar-refractivity contribution is 5.79. The van der Waals surface area contributed by atoms with Gasteiger partial charge in [-0.3, -0.25) is 9.69 Å². The average Bonchev–Trinajstić information content (AvgIpc) is 3.41. The van der Waals surface area contributed by atoms with Gasteiger partial charge in [0.2, 0.25) is 5.91 Å². The summed E-state index contributed by atoms with van der Waals surface area (Å²) in [7, 11) is 0. The summed E-state index contributed by atoms with van der Waals surface area (Å²) in [6.45, 7) is 4.19. The molecular weight excluding hydrogens is 303 g/mol. The van der Waals surface area contributed by atoms with Crippen LogP contribution in [0.25, 0.3) is 0 Å². The lowest BCUT2D eigenvalue weighted by Crippen LogP contribution is -2.55. The first-order chi connectivity index (χ1) is 11.7. The van der Waals surface area contributed by atoms with Gasteiger partial charge in [-0.15, -0.1) is 0 Å². The zero-order chi connectivity index (χ0) is 16.5. The number of carbonyl (C=O) groups excluding carboxylic acids is 1. The molecule has 0 radical (unpaired) electrons. The van der Waals surface area contributed by atoms with Crippen LogP contribution in [-0.4, -0.2) is 47.9 Å². The zero-order valence-electron chi connectivity index (χ0n) is 14.3. The van der Waals surface area contributed by atoms with Gasteiger partial charge in [0, 0.05) is 25.7 Å². The summed E-state index contributed by atoms with van der Waals surface area (Å²) in [5.74, 6) is 1.35. The highest BCUT2D eigenvalue weighted by Crippen LogP contribution is 2.36. The molecular formula is C20H27FN2O. The van der Waals surface area contributed by atoms with Crippen molar-refractivity contribution in [1.82, 2.24) is 9.80 Å². The van der Waals surface area contributed by atoms with Gasteiger partial charge in [0.25, 0.3) is 0 Å². The van der Waals surface area contributed by atoms with Crippen molar-refractivity contribution in [2.24, 2.45) is 11.8 Å². The van der Waals surface area contributed by atoms with E-state index in [0.29, 0.717) is 17.5 Å². The summed E-state index contributed by atoms with van der Waals surface area (Å²) in [5, 5.41) is 0. The largest absolute Gasteiger partial charge is 0.342 e. The Morgan fingerprint density at radius 3 is 2.75 bits per heavy atom. The lowest BCUT2D eigenvalue weighted by Gasteiger charge is -2.47. The molecule has 130 valence electrons. The molecule has 1 aromatic rings. The first-order valence-electron chi connectivity index (χ1n) is 9.46. The predicted molar refractivity (Wildman–Crippen MR) is 92.1 cm³/mol. The minimum absolute atomic E-state index is 0.0814. The molecule has 3 fully saturated rings. The number of nitrogens with zero attached hydrogens (tertiary/aromatic N) is 2. The number of benzene rings is 1. The molecule has 3 aliphatic rings. The second-order valence-electron chi connectivity index (χ2n) is 7.80. The molecule has 0 N–H and O–H groups in total. The second kappa shape index (κ2) is 6.83. The molecule has 4 heteroatoms. The fraction of sp³-hybridized carbons (Fsp3) is 0.650. The molecule has 1 aliphatic carbocycles. The molecule has 0 bridgehead atoms. The third-order valence-corrected chi connectivity index (χ3v) is 6.02. The lowest BCUT2D eigenvalue weighted by molar-refractivity contribution is -0.134. The van der Waals surface area contributed by atoms with Crippen LogP contribution in [0.5, 0.6) is 0 Å². The number of halogens is 1. The molecule has 1 amide bonds. The Morgan fingerprint density at radius 2 is 1.96 bits per heavy atom. The van der Waals surface area contributed by atoms with E-state index in [2.05, 4.69) is 4.90 Å². The van der Waals surface area contributed by atoms with E-state index in [1.54, 1.807) is 18.2 Å². The van der Waals surface area contributed by atoms with Gasteiger partial charge in [-0.1, -0.05) is 18.2 Å². The molecule has 0 spiro atoms. The first kappa shape index (κ1) is 16.1. The highest BCUT2D eigenvalue weighted by atomic mass is 19.1. The van der Waals surface area contributed by atoms with Gasteiger partial charge in [-0.2, -0.15) is 0 Å². The molecule has 3 nitrogen and oxygen atoms in total. The molecule has 2 atom stereocenters. The van der Waals surface area contributed by atoms with Crippen LogP contribution in [0.2, 0.25) is 0 Å². The van der Waals surface area contributed by atoms with Crippen molar-refractivity contribution in [2.75, 3.05) is 26.2 Å². The zero-order valence-corrected chi connectivity index (χ0v) is 14.3. The number of carbonyl (C=O) groups is 1. The SMILES string of the molecule is O=C(Cc1ccccc1F)N1CC[C@H]2[C@H](CCCN2CC2CC2)C1. The van der Waals surface area contributed by atoms with Crippen LogP contribution in [0.3, 0.4) is 0 Å². The highest BCUT2D eigenvalue weighted by Gasteiger charge is 2.39. The lowest BCUT2D eigenvalue weighted by atomic mass is 9.83. The average molecular weight is 330 g/mol. The third kappa shape index (κ3) is 3.49. The topological polar surface area (TPSA) is 23.6 Å². The van der Waals surface area contributed by atoms with E-state index in [1.807, 2.05) is 4.90 Å². The smallest absolute Gasteiger partial charge is 0.227 e. The molecule has 0 unspecified atom stereocenters. The van der Waals surface area contributed by atoms with E-state index in [9.17, 15) is 9.18 Å². The molecule has 4 rings (SSSR count). The van der Waals surface area contributed by atoms with Gasteiger partial charge < -0.3 is 4.90 Å². The van der Waals surface area contributed by atoms with Crippen LogP contribution < -0.4 is 0 Å². The number of hydrogen-bond donors (Lipinski definition) is 0. The van der Waals surface area contributed by atoms with Crippen molar-refractivity contribution in [3.8, 4) is 0 Å². The quantitative estimate of drug-likeness (QED) is 0.847. The number of rotatable bonds is 4. The van der Waals surface area contributed by atoms with Crippen molar-refractivity contribution >= 4 is 5.91 Å². The third-order valence-electron chi connectivity index (χ3n) is 6.02. The molecule has 1 aromatic carbocycles.